The van der Waals surface area contributed by atoms with Crippen LogP contribution < -0.4 is 5.73 Å². The molecule has 1 saturated heterocycles. The van der Waals surface area contributed by atoms with Crippen LogP contribution in [0.15, 0.2) is 29.4 Å². The second-order valence-corrected chi connectivity index (χ2v) is 6.38. The lowest BCUT2D eigenvalue weighted by Crippen LogP contribution is -2.43. The van der Waals surface area contributed by atoms with E-state index in [0.29, 0.717) is 12.5 Å². The number of carbonyl (C=O) groups excluding carboxylic acids is 1. The molecule has 1 aliphatic heterocycles. The molecule has 0 aromatic carbocycles. The fourth-order valence-corrected chi connectivity index (χ4v) is 3.02. The zero-order chi connectivity index (χ0) is 15.8. The molecule has 8 heteroatoms. The summed E-state index contributed by atoms with van der Waals surface area (Å²) in [5.74, 6) is 2.58. The van der Waals surface area contributed by atoms with Crippen LogP contribution in [0, 0.1) is 0 Å². The van der Waals surface area contributed by atoms with Crippen LogP contribution in [-0.2, 0) is 11.2 Å². The molecule has 1 aromatic rings. The minimum absolute atomic E-state index is 0. The molecule has 128 valence electrons. The lowest BCUT2D eigenvalue weighted by molar-refractivity contribution is -0.128. The van der Waals surface area contributed by atoms with Crippen molar-refractivity contribution in [1.29, 1.82) is 0 Å². The molecule has 0 bridgehead atoms. The first-order chi connectivity index (χ1) is 10.7. The van der Waals surface area contributed by atoms with Gasteiger partial charge in [-0.25, -0.2) is 4.99 Å². The van der Waals surface area contributed by atoms with E-state index in [2.05, 4.69) is 9.98 Å². The van der Waals surface area contributed by atoms with Crippen LogP contribution in [0.3, 0.4) is 0 Å². The minimum atomic E-state index is -0.0229. The van der Waals surface area contributed by atoms with E-state index in [4.69, 9.17) is 5.73 Å². The molecule has 6 nitrogen and oxygen atoms in total. The van der Waals surface area contributed by atoms with Crippen LogP contribution in [0.2, 0.25) is 0 Å². The van der Waals surface area contributed by atoms with Gasteiger partial charge in [-0.05, 0) is 12.1 Å². The van der Waals surface area contributed by atoms with Crippen LogP contribution in [0.25, 0.3) is 0 Å². The van der Waals surface area contributed by atoms with E-state index in [1.54, 1.807) is 18.1 Å². The number of carbonyl (C=O) groups is 1. The summed E-state index contributed by atoms with van der Waals surface area (Å²) in [6.07, 6.45) is 2.50. The average Bonchev–Trinajstić information content (AvgIpc) is 2.58. The zero-order valence-corrected chi connectivity index (χ0v) is 16.5. The Morgan fingerprint density at radius 2 is 2.17 bits per heavy atom. The van der Waals surface area contributed by atoms with Gasteiger partial charge in [-0.2, -0.15) is 11.8 Å². The third kappa shape index (κ3) is 6.94. The summed E-state index contributed by atoms with van der Waals surface area (Å²) in [6, 6.07) is 5.80. The molecule has 0 saturated carbocycles. The Kier molecular flexibility index (Phi) is 9.30. The number of hydrogen-bond donors (Lipinski definition) is 1. The first kappa shape index (κ1) is 20.0. The Morgan fingerprint density at radius 1 is 1.43 bits per heavy atom. The molecule has 2 rings (SSSR count). The molecule has 0 radical (unpaired) electrons. The summed E-state index contributed by atoms with van der Waals surface area (Å²) in [4.78, 5) is 24.3. The topological polar surface area (TPSA) is 74.8 Å². The first-order valence-electron chi connectivity index (χ1n) is 7.43. The van der Waals surface area contributed by atoms with Gasteiger partial charge >= 0.3 is 0 Å². The number of nitrogens with two attached hydrogens (primary N) is 1. The molecular formula is C15H24IN5OS. The first-order valence-corrected chi connectivity index (χ1v) is 8.59. The maximum Gasteiger partial charge on any atom is 0.244 e. The molecule has 0 unspecified atom stereocenters. The molecule has 23 heavy (non-hydrogen) atoms. The van der Waals surface area contributed by atoms with Crippen molar-refractivity contribution < 1.29 is 4.79 Å². The number of nitrogens with zero attached hydrogens (tertiary/aromatic N) is 4. The summed E-state index contributed by atoms with van der Waals surface area (Å²) in [5, 5.41) is 0. The van der Waals surface area contributed by atoms with Crippen molar-refractivity contribution in [3.05, 3.63) is 30.1 Å². The molecule has 1 amide bonds. The number of thioether (sulfide) groups is 1. The Labute approximate surface area is 158 Å². The molecule has 1 aliphatic rings. The van der Waals surface area contributed by atoms with Gasteiger partial charge in [0.15, 0.2) is 5.96 Å². The largest absolute Gasteiger partial charge is 0.370 e. The fourth-order valence-electron chi connectivity index (χ4n) is 2.11. The quantitative estimate of drug-likeness (QED) is 0.414. The SMILES string of the molecule is CN(CCc1ccccn1)C(=O)CN=C(N)N1CCSCC1.I. The molecule has 1 fully saturated rings. The predicted molar refractivity (Wildman–Crippen MR) is 106 cm³/mol. The number of amides is 1. The zero-order valence-electron chi connectivity index (χ0n) is 13.4. The number of pyridine rings is 1. The number of hydrogen-bond acceptors (Lipinski definition) is 4. The van der Waals surface area contributed by atoms with Crippen molar-refractivity contribution >= 4 is 47.6 Å². The maximum atomic E-state index is 12.1. The highest BCUT2D eigenvalue weighted by atomic mass is 127. The van der Waals surface area contributed by atoms with Gasteiger partial charge in [0.05, 0.1) is 0 Å². The highest BCUT2D eigenvalue weighted by Gasteiger charge is 2.13. The number of halogens is 1. The van der Waals surface area contributed by atoms with Gasteiger partial charge < -0.3 is 15.5 Å². The fraction of sp³-hybridized carbons (Fsp3) is 0.533. The van der Waals surface area contributed by atoms with E-state index >= 15 is 0 Å². The van der Waals surface area contributed by atoms with E-state index in [-0.39, 0.29) is 36.4 Å². The smallest absolute Gasteiger partial charge is 0.244 e. The van der Waals surface area contributed by atoms with Crippen LogP contribution in [-0.4, -0.2) is 71.4 Å². The van der Waals surface area contributed by atoms with Crippen molar-refractivity contribution in [3.8, 4) is 0 Å². The molecule has 0 aliphatic carbocycles. The number of guanidine groups is 1. The van der Waals surface area contributed by atoms with Crippen LogP contribution in [0.5, 0.6) is 0 Å². The van der Waals surface area contributed by atoms with Gasteiger partial charge in [0.2, 0.25) is 5.91 Å². The second-order valence-electron chi connectivity index (χ2n) is 5.16. The van der Waals surface area contributed by atoms with Crippen LogP contribution in [0.1, 0.15) is 5.69 Å². The van der Waals surface area contributed by atoms with Gasteiger partial charge in [-0.3, -0.25) is 9.78 Å². The van der Waals surface area contributed by atoms with Gasteiger partial charge in [0.25, 0.3) is 0 Å². The van der Waals surface area contributed by atoms with E-state index < -0.39 is 0 Å². The molecule has 1 aromatic heterocycles. The second kappa shape index (κ2) is 10.7. The number of likely N-dealkylation sites (N-methyl/N-ethyl adjacent to an activating group) is 1. The summed E-state index contributed by atoms with van der Waals surface area (Å²) < 4.78 is 0. The minimum Gasteiger partial charge on any atom is -0.370 e. The standard InChI is InChI=1S/C15H23N5OS.HI/c1-19(7-5-13-4-2-3-6-17-13)14(21)12-18-15(16)20-8-10-22-11-9-20;/h2-4,6H,5,7-12H2,1H3,(H2,16,18);1H. The molecular weight excluding hydrogens is 425 g/mol. The van der Waals surface area contributed by atoms with Gasteiger partial charge in [-0.1, -0.05) is 6.07 Å². The Bertz CT molecular complexity index is 508. The van der Waals surface area contributed by atoms with Crippen molar-refractivity contribution in [1.82, 2.24) is 14.8 Å². The molecule has 2 N–H and O–H groups in total. The summed E-state index contributed by atoms with van der Waals surface area (Å²) in [5.41, 5.74) is 6.93. The van der Waals surface area contributed by atoms with Crippen molar-refractivity contribution in [2.45, 2.75) is 6.42 Å². The number of rotatable bonds is 5. The van der Waals surface area contributed by atoms with E-state index in [9.17, 15) is 4.79 Å². The maximum absolute atomic E-state index is 12.1. The molecule has 0 atom stereocenters. The number of aromatic nitrogens is 1. The van der Waals surface area contributed by atoms with Crippen molar-refractivity contribution in [2.24, 2.45) is 10.7 Å². The normalized spacial score (nSPS) is 15.0. The van der Waals surface area contributed by atoms with Gasteiger partial charge in [0, 0.05) is 56.5 Å². The van der Waals surface area contributed by atoms with Crippen LogP contribution >= 0.6 is 35.7 Å². The lowest BCUT2D eigenvalue weighted by atomic mass is 10.2. The van der Waals surface area contributed by atoms with E-state index in [1.165, 1.54) is 0 Å². The average molecular weight is 449 g/mol. The lowest BCUT2D eigenvalue weighted by Gasteiger charge is -2.27. The highest BCUT2D eigenvalue weighted by molar-refractivity contribution is 14.0. The summed E-state index contributed by atoms with van der Waals surface area (Å²) in [6.45, 7) is 2.55. The molecule has 2 heterocycles. The predicted octanol–water partition coefficient (Wildman–Crippen LogP) is 1.06. The van der Waals surface area contributed by atoms with Crippen molar-refractivity contribution in [3.63, 3.8) is 0 Å². The Balaban J connectivity index is 0.00000264. The van der Waals surface area contributed by atoms with E-state index in [0.717, 1.165) is 36.7 Å². The van der Waals surface area contributed by atoms with E-state index in [1.807, 2.05) is 34.9 Å². The third-order valence-corrected chi connectivity index (χ3v) is 4.51. The van der Waals surface area contributed by atoms with Crippen molar-refractivity contribution in [2.75, 3.05) is 44.7 Å². The third-order valence-electron chi connectivity index (χ3n) is 3.57. The van der Waals surface area contributed by atoms with Gasteiger partial charge in [-0.15, -0.1) is 24.0 Å². The Morgan fingerprint density at radius 3 is 2.83 bits per heavy atom. The highest BCUT2D eigenvalue weighted by Crippen LogP contribution is 2.08. The van der Waals surface area contributed by atoms with Crippen LogP contribution in [0.4, 0.5) is 0 Å². The Hall–Kier alpha value is -1.03. The summed E-state index contributed by atoms with van der Waals surface area (Å²) >= 11 is 1.92. The monoisotopic (exact) mass is 449 g/mol. The molecule has 0 spiro atoms. The summed E-state index contributed by atoms with van der Waals surface area (Å²) in [7, 11) is 1.79. The number of aliphatic imine (C=N–C) groups is 1. The van der Waals surface area contributed by atoms with Gasteiger partial charge in [0.1, 0.15) is 6.54 Å².